The number of carbonyl (C=O) groups excluding carboxylic acids is 1. The first-order valence-corrected chi connectivity index (χ1v) is 8.79. The highest BCUT2D eigenvalue weighted by Gasteiger charge is 2.40. The van der Waals surface area contributed by atoms with Crippen molar-refractivity contribution in [2.24, 2.45) is 5.73 Å². The minimum absolute atomic E-state index is 0. The highest BCUT2D eigenvalue weighted by atomic mass is 35.5. The van der Waals surface area contributed by atoms with Crippen LogP contribution in [0.25, 0.3) is 0 Å². The number of nitrogens with two attached hydrogens (primary N) is 1. The molecule has 1 saturated heterocycles. The molecule has 2 aromatic rings. The van der Waals surface area contributed by atoms with E-state index in [9.17, 15) is 4.79 Å². The van der Waals surface area contributed by atoms with Gasteiger partial charge in [-0.25, -0.2) is 0 Å². The summed E-state index contributed by atoms with van der Waals surface area (Å²) >= 11 is 0. The third kappa shape index (κ3) is 3.88. The number of hydrogen-bond acceptors (Lipinski definition) is 2. The van der Waals surface area contributed by atoms with Gasteiger partial charge in [0.1, 0.15) is 0 Å². The summed E-state index contributed by atoms with van der Waals surface area (Å²) in [5, 5.41) is 0. The van der Waals surface area contributed by atoms with E-state index in [1.54, 1.807) is 0 Å². The van der Waals surface area contributed by atoms with Gasteiger partial charge >= 0.3 is 0 Å². The van der Waals surface area contributed by atoms with E-state index < -0.39 is 5.41 Å². The van der Waals surface area contributed by atoms with Crippen molar-refractivity contribution in [3.8, 4) is 0 Å². The van der Waals surface area contributed by atoms with E-state index in [1.165, 1.54) is 12.8 Å². The minimum Gasteiger partial charge on any atom is -0.369 e. The Labute approximate surface area is 156 Å². The second-order valence-corrected chi connectivity index (χ2v) is 6.78. The van der Waals surface area contributed by atoms with Crippen molar-refractivity contribution in [1.82, 2.24) is 4.90 Å². The Kier molecular flexibility index (Phi) is 6.63. The zero-order chi connectivity index (χ0) is 17.0. The van der Waals surface area contributed by atoms with E-state index in [4.69, 9.17) is 5.73 Å². The topological polar surface area (TPSA) is 46.3 Å². The summed E-state index contributed by atoms with van der Waals surface area (Å²) in [6.07, 6.45) is 3.18. The minimum atomic E-state index is -0.773. The van der Waals surface area contributed by atoms with Crippen molar-refractivity contribution in [2.75, 3.05) is 13.1 Å². The van der Waals surface area contributed by atoms with E-state index in [-0.39, 0.29) is 18.3 Å². The van der Waals surface area contributed by atoms with Crippen LogP contribution in [-0.2, 0) is 10.2 Å². The Morgan fingerprint density at radius 2 is 1.60 bits per heavy atom. The lowest BCUT2D eigenvalue weighted by Crippen LogP contribution is -2.45. The van der Waals surface area contributed by atoms with E-state index in [2.05, 4.69) is 11.8 Å². The fourth-order valence-electron chi connectivity index (χ4n) is 3.94. The number of rotatable bonds is 6. The smallest absolute Gasteiger partial charge is 0.232 e. The Hall–Kier alpha value is -1.84. The monoisotopic (exact) mass is 358 g/mol. The Morgan fingerprint density at radius 1 is 1.08 bits per heavy atom. The van der Waals surface area contributed by atoms with Crippen LogP contribution in [0.1, 0.15) is 37.3 Å². The Bertz CT molecular complexity index is 635. The first-order chi connectivity index (χ1) is 11.6. The lowest BCUT2D eigenvalue weighted by molar-refractivity contribution is -0.122. The molecule has 2 aromatic carbocycles. The molecule has 0 radical (unpaired) electrons. The Morgan fingerprint density at radius 3 is 2.00 bits per heavy atom. The molecule has 0 saturated carbocycles. The molecular formula is C21H27ClN2O. The lowest BCUT2D eigenvalue weighted by Gasteiger charge is -2.34. The SMILES string of the molecule is CC1CCCN1CCC(C(N)=O)(c1ccccc1)c1ccccc1.Cl. The van der Waals surface area contributed by atoms with Gasteiger partial charge in [0.2, 0.25) is 5.91 Å². The number of hydrogen-bond donors (Lipinski definition) is 1. The molecule has 25 heavy (non-hydrogen) atoms. The Balaban J connectivity index is 0.00000225. The van der Waals surface area contributed by atoms with Crippen LogP contribution in [0.3, 0.4) is 0 Å². The maximum atomic E-state index is 12.7. The summed E-state index contributed by atoms with van der Waals surface area (Å²) in [6, 6.07) is 20.5. The number of amides is 1. The summed E-state index contributed by atoms with van der Waals surface area (Å²) in [7, 11) is 0. The first kappa shape index (κ1) is 19.5. The lowest BCUT2D eigenvalue weighted by atomic mass is 9.71. The quantitative estimate of drug-likeness (QED) is 0.854. The van der Waals surface area contributed by atoms with Crippen LogP contribution in [0, 0.1) is 0 Å². The second-order valence-electron chi connectivity index (χ2n) is 6.78. The highest BCUT2D eigenvalue weighted by molar-refractivity contribution is 5.90. The molecule has 0 bridgehead atoms. The van der Waals surface area contributed by atoms with Crippen LogP contribution in [0.15, 0.2) is 60.7 Å². The van der Waals surface area contributed by atoms with Gasteiger partial charge in [0.05, 0.1) is 5.41 Å². The van der Waals surface area contributed by atoms with Gasteiger partial charge in [0, 0.05) is 12.6 Å². The molecular weight excluding hydrogens is 332 g/mol. The van der Waals surface area contributed by atoms with Crippen molar-refractivity contribution >= 4 is 18.3 Å². The van der Waals surface area contributed by atoms with Gasteiger partial charge in [-0.15, -0.1) is 12.4 Å². The van der Waals surface area contributed by atoms with E-state index in [0.717, 1.165) is 24.2 Å². The van der Waals surface area contributed by atoms with Crippen molar-refractivity contribution in [3.05, 3.63) is 71.8 Å². The van der Waals surface area contributed by atoms with Crippen LogP contribution < -0.4 is 5.73 Å². The first-order valence-electron chi connectivity index (χ1n) is 8.79. The van der Waals surface area contributed by atoms with Gasteiger partial charge in [-0.05, 0) is 43.9 Å². The maximum Gasteiger partial charge on any atom is 0.232 e. The number of halogens is 1. The summed E-state index contributed by atoms with van der Waals surface area (Å²) < 4.78 is 0. The standard InChI is InChI=1S/C21H26N2O.ClH/c1-17-9-8-15-23(17)16-14-21(20(22)24,18-10-4-2-5-11-18)19-12-6-3-7-13-19;/h2-7,10-13,17H,8-9,14-16H2,1H3,(H2,22,24);1H. The molecule has 2 N–H and O–H groups in total. The summed E-state index contributed by atoms with van der Waals surface area (Å²) in [6.45, 7) is 4.26. The van der Waals surface area contributed by atoms with Gasteiger partial charge in [-0.2, -0.15) is 0 Å². The molecule has 1 fully saturated rings. The van der Waals surface area contributed by atoms with Gasteiger partial charge in [-0.3, -0.25) is 4.79 Å². The van der Waals surface area contributed by atoms with E-state index in [0.29, 0.717) is 12.5 Å². The number of primary amides is 1. The van der Waals surface area contributed by atoms with Crippen molar-refractivity contribution in [3.63, 3.8) is 0 Å². The average molecular weight is 359 g/mol. The molecule has 4 heteroatoms. The molecule has 1 aliphatic rings. The zero-order valence-corrected chi connectivity index (χ0v) is 15.5. The predicted molar refractivity (Wildman–Crippen MR) is 105 cm³/mol. The third-order valence-corrected chi connectivity index (χ3v) is 5.42. The van der Waals surface area contributed by atoms with Crippen LogP contribution in [0.2, 0.25) is 0 Å². The van der Waals surface area contributed by atoms with Crippen molar-refractivity contribution in [2.45, 2.75) is 37.6 Å². The normalized spacial score (nSPS) is 17.9. The maximum absolute atomic E-state index is 12.7. The molecule has 1 atom stereocenters. The molecule has 0 spiro atoms. The molecule has 3 rings (SSSR count). The van der Waals surface area contributed by atoms with Crippen molar-refractivity contribution in [1.29, 1.82) is 0 Å². The number of benzene rings is 2. The van der Waals surface area contributed by atoms with Gasteiger partial charge in [0.25, 0.3) is 0 Å². The van der Waals surface area contributed by atoms with Crippen LogP contribution in [0.4, 0.5) is 0 Å². The molecule has 0 aromatic heterocycles. The molecule has 134 valence electrons. The van der Waals surface area contributed by atoms with Gasteiger partial charge in [0.15, 0.2) is 0 Å². The summed E-state index contributed by atoms with van der Waals surface area (Å²) in [4.78, 5) is 15.2. The van der Waals surface area contributed by atoms with Crippen LogP contribution in [-0.4, -0.2) is 29.9 Å². The fourth-order valence-corrected chi connectivity index (χ4v) is 3.94. The van der Waals surface area contributed by atoms with Crippen LogP contribution >= 0.6 is 12.4 Å². The van der Waals surface area contributed by atoms with Crippen molar-refractivity contribution < 1.29 is 4.79 Å². The van der Waals surface area contributed by atoms with E-state index >= 15 is 0 Å². The molecule has 3 nitrogen and oxygen atoms in total. The molecule has 0 aliphatic carbocycles. The molecule has 1 amide bonds. The van der Waals surface area contributed by atoms with Gasteiger partial charge in [-0.1, -0.05) is 60.7 Å². The zero-order valence-electron chi connectivity index (χ0n) is 14.7. The number of likely N-dealkylation sites (tertiary alicyclic amines) is 1. The van der Waals surface area contributed by atoms with Crippen LogP contribution in [0.5, 0.6) is 0 Å². The second kappa shape index (κ2) is 8.50. The summed E-state index contributed by atoms with van der Waals surface area (Å²) in [5.74, 6) is -0.272. The average Bonchev–Trinajstić information content (AvgIpc) is 3.02. The van der Waals surface area contributed by atoms with E-state index in [1.807, 2.05) is 60.7 Å². The largest absolute Gasteiger partial charge is 0.369 e. The number of carbonyl (C=O) groups is 1. The number of nitrogens with zero attached hydrogens (tertiary/aromatic N) is 1. The fraction of sp³-hybridized carbons (Fsp3) is 0.381. The predicted octanol–water partition coefficient (Wildman–Crippen LogP) is 3.75. The third-order valence-electron chi connectivity index (χ3n) is 5.42. The highest BCUT2D eigenvalue weighted by Crippen LogP contribution is 2.36. The molecule has 1 aliphatic heterocycles. The molecule has 1 unspecified atom stereocenters. The molecule has 1 heterocycles. The van der Waals surface area contributed by atoms with Gasteiger partial charge < -0.3 is 10.6 Å². The summed E-state index contributed by atoms with van der Waals surface area (Å²) in [5.41, 5.74) is 7.19.